The summed E-state index contributed by atoms with van der Waals surface area (Å²) in [6.45, 7) is 0.222. The van der Waals surface area contributed by atoms with Gasteiger partial charge in [-0.15, -0.1) is 0 Å². The minimum Gasteiger partial charge on any atom is -0.373 e. The normalized spacial score (nSPS) is 20.6. The number of sulfone groups is 1. The van der Waals surface area contributed by atoms with Crippen LogP contribution in [0.3, 0.4) is 0 Å². The van der Waals surface area contributed by atoms with Crippen molar-refractivity contribution in [2.24, 2.45) is 0 Å². The second kappa shape index (κ2) is 5.61. The number of pyridine rings is 1. The van der Waals surface area contributed by atoms with Crippen molar-refractivity contribution in [2.75, 3.05) is 30.0 Å². The number of hydrogen-bond acceptors (Lipinski definition) is 7. The van der Waals surface area contributed by atoms with E-state index < -0.39 is 20.0 Å². The first kappa shape index (κ1) is 14.5. The zero-order chi connectivity index (χ0) is 14.8. The van der Waals surface area contributed by atoms with Gasteiger partial charge in [-0.25, -0.2) is 13.4 Å². The Bertz CT molecular complexity index is 617. The van der Waals surface area contributed by atoms with Gasteiger partial charge in [-0.1, -0.05) is 0 Å². The van der Waals surface area contributed by atoms with Crippen LogP contribution in [0.4, 0.5) is 17.3 Å². The van der Waals surface area contributed by atoms with E-state index in [-0.39, 0.29) is 18.0 Å². The summed E-state index contributed by atoms with van der Waals surface area (Å²) in [5.41, 5.74) is -0.0962. The molecule has 1 unspecified atom stereocenters. The van der Waals surface area contributed by atoms with E-state index in [0.717, 1.165) is 0 Å². The van der Waals surface area contributed by atoms with E-state index in [4.69, 9.17) is 0 Å². The molecule has 1 saturated heterocycles. The molecule has 2 heterocycles. The fraction of sp³-hybridized carbons (Fsp3) is 0.545. The Balaban J connectivity index is 2.13. The molecule has 1 fully saturated rings. The number of nitro groups is 1. The lowest BCUT2D eigenvalue weighted by Gasteiger charge is -2.12. The van der Waals surface area contributed by atoms with Crippen LogP contribution < -0.4 is 10.6 Å². The van der Waals surface area contributed by atoms with Gasteiger partial charge in [-0.2, -0.15) is 0 Å². The summed E-state index contributed by atoms with van der Waals surface area (Å²) in [5.74, 6) is 0.866. The van der Waals surface area contributed by atoms with E-state index >= 15 is 0 Å². The van der Waals surface area contributed by atoms with Gasteiger partial charge in [0.15, 0.2) is 9.84 Å². The van der Waals surface area contributed by atoms with E-state index in [1.54, 1.807) is 7.05 Å². The van der Waals surface area contributed by atoms with Gasteiger partial charge in [0.25, 0.3) is 5.69 Å². The molecule has 1 atom stereocenters. The van der Waals surface area contributed by atoms with E-state index in [0.29, 0.717) is 24.5 Å². The van der Waals surface area contributed by atoms with E-state index in [1.165, 1.54) is 12.1 Å². The van der Waals surface area contributed by atoms with E-state index in [2.05, 4.69) is 15.6 Å². The van der Waals surface area contributed by atoms with Crippen LogP contribution in [-0.4, -0.2) is 42.9 Å². The summed E-state index contributed by atoms with van der Waals surface area (Å²) in [6.07, 6.45) is 1.28. The Hall–Kier alpha value is -1.90. The third-order valence-electron chi connectivity index (χ3n) is 3.25. The van der Waals surface area contributed by atoms with Crippen molar-refractivity contribution in [3.63, 3.8) is 0 Å². The molecule has 110 valence electrons. The van der Waals surface area contributed by atoms with E-state index in [1.807, 2.05) is 0 Å². The molecule has 2 rings (SSSR count). The fourth-order valence-electron chi connectivity index (χ4n) is 2.15. The van der Waals surface area contributed by atoms with Crippen molar-refractivity contribution in [1.29, 1.82) is 0 Å². The Morgan fingerprint density at radius 3 is 2.70 bits per heavy atom. The lowest BCUT2D eigenvalue weighted by molar-refractivity contribution is -0.384. The Labute approximate surface area is 116 Å². The molecule has 8 nitrogen and oxygen atoms in total. The number of nitrogens with zero attached hydrogens (tertiary/aromatic N) is 2. The van der Waals surface area contributed by atoms with Gasteiger partial charge < -0.3 is 10.6 Å². The molecule has 0 amide bonds. The molecule has 1 aliphatic rings. The minimum atomic E-state index is -3.04. The van der Waals surface area contributed by atoms with Crippen LogP contribution in [0.2, 0.25) is 0 Å². The highest BCUT2D eigenvalue weighted by atomic mass is 32.2. The summed E-state index contributed by atoms with van der Waals surface area (Å²) in [5, 5.41) is 16.0. The molecule has 0 radical (unpaired) electrons. The molecular weight excluding hydrogens is 284 g/mol. The Morgan fingerprint density at radius 2 is 2.15 bits per heavy atom. The number of nitrogens with one attached hydrogen (secondary N) is 2. The zero-order valence-corrected chi connectivity index (χ0v) is 11.8. The summed E-state index contributed by atoms with van der Waals surface area (Å²) in [4.78, 5) is 14.4. The van der Waals surface area contributed by atoms with Gasteiger partial charge >= 0.3 is 0 Å². The number of aromatic nitrogens is 1. The zero-order valence-electron chi connectivity index (χ0n) is 11.0. The van der Waals surface area contributed by atoms with Gasteiger partial charge in [0.05, 0.1) is 28.1 Å². The molecule has 0 aliphatic carbocycles. The molecule has 1 aliphatic heterocycles. The first-order valence-corrected chi connectivity index (χ1v) is 7.93. The second-order valence-corrected chi connectivity index (χ2v) is 7.02. The van der Waals surface area contributed by atoms with Gasteiger partial charge in [0.2, 0.25) is 0 Å². The predicted octanol–water partition coefficient (Wildman–Crippen LogP) is 1.02. The molecule has 0 bridgehead atoms. The van der Waals surface area contributed by atoms with Crippen LogP contribution in [0.15, 0.2) is 12.1 Å². The molecule has 2 N–H and O–H groups in total. The SMILES string of the molecule is CNc1cc([N+](=O)[O-])cc(NCC2CCCS2(=O)=O)n1. The average molecular weight is 300 g/mol. The van der Waals surface area contributed by atoms with Gasteiger partial charge in [-0.3, -0.25) is 10.1 Å². The number of anilines is 2. The van der Waals surface area contributed by atoms with Gasteiger partial charge in [0.1, 0.15) is 11.6 Å². The predicted molar refractivity (Wildman–Crippen MR) is 75.7 cm³/mol. The first-order chi connectivity index (χ1) is 9.42. The highest BCUT2D eigenvalue weighted by Gasteiger charge is 2.31. The molecule has 9 heteroatoms. The smallest absolute Gasteiger partial charge is 0.276 e. The molecular formula is C11H16N4O4S. The minimum absolute atomic E-state index is 0.0962. The van der Waals surface area contributed by atoms with Crippen molar-refractivity contribution in [2.45, 2.75) is 18.1 Å². The second-order valence-electron chi connectivity index (χ2n) is 4.62. The third kappa shape index (κ3) is 3.16. The maximum atomic E-state index is 11.7. The molecule has 1 aromatic heterocycles. The third-order valence-corrected chi connectivity index (χ3v) is 5.53. The number of rotatable bonds is 5. The summed E-state index contributed by atoms with van der Waals surface area (Å²) in [7, 11) is -1.43. The Morgan fingerprint density at radius 1 is 1.45 bits per heavy atom. The van der Waals surface area contributed by atoms with Crippen LogP contribution in [0.5, 0.6) is 0 Å². The summed E-state index contributed by atoms with van der Waals surface area (Å²) < 4.78 is 23.4. The van der Waals surface area contributed by atoms with Crippen LogP contribution in [0.1, 0.15) is 12.8 Å². The largest absolute Gasteiger partial charge is 0.373 e. The average Bonchev–Trinajstić information content (AvgIpc) is 2.74. The first-order valence-electron chi connectivity index (χ1n) is 6.22. The maximum absolute atomic E-state index is 11.7. The highest BCUT2D eigenvalue weighted by Crippen LogP contribution is 2.23. The quantitative estimate of drug-likeness (QED) is 0.616. The van der Waals surface area contributed by atoms with Gasteiger partial charge in [-0.05, 0) is 12.8 Å². The monoisotopic (exact) mass is 300 g/mol. The van der Waals surface area contributed by atoms with E-state index in [9.17, 15) is 18.5 Å². The highest BCUT2D eigenvalue weighted by molar-refractivity contribution is 7.92. The summed E-state index contributed by atoms with van der Waals surface area (Å²) >= 11 is 0. The molecule has 0 spiro atoms. The van der Waals surface area contributed by atoms with Crippen molar-refractivity contribution >= 4 is 27.2 Å². The van der Waals surface area contributed by atoms with Crippen LogP contribution in [0.25, 0.3) is 0 Å². The van der Waals surface area contributed by atoms with Crippen LogP contribution >= 0.6 is 0 Å². The van der Waals surface area contributed by atoms with Crippen LogP contribution in [-0.2, 0) is 9.84 Å². The lowest BCUT2D eigenvalue weighted by atomic mass is 10.2. The number of hydrogen-bond donors (Lipinski definition) is 2. The lowest BCUT2D eigenvalue weighted by Crippen LogP contribution is -2.25. The van der Waals surface area contributed by atoms with Crippen molar-refractivity contribution in [3.8, 4) is 0 Å². The molecule has 0 aromatic carbocycles. The topological polar surface area (TPSA) is 114 Å². The molecule has 1 aromatic rings. The Kier molecular flexibility index (Phi) is 4.07. The van der Waals surface area contributed by atoms with Crippen molar-refractivity contribution < 1.29 is 13.3 Å². The van der Waals surface area contributed by atoms with Crippen molar-refractivity contribution in [3.05, 3.63) is 22.2 Å². The molecule has 0 saturated carbocycles. The summed E-state index contributed by atoms with van der Waals surface area (Å²) in [6, 6.07) is 2.61. The molecule has 20 heavy (non-hydrogen) atoms. The van der Waals surface area contributed by atoms with Crippen LogP contribution in [0, 0.1) is 10.1 Å². The standard InChI is InChI=1S/C11H16N4O4S/c1-12-10-5-8(15(16)17)6-11(14-10)13-7-9-3-2-4-20(9,18)19/h5-6,9H,2-4,7H2,1H3,(H2,12,13,14). The van der Waals surface area contributed by atoms with Gasteiger partial charge in [0, 0.05) is 13.6 Å². The van der Waals surface area contributed by atoms with Crippen molar-refractivity contribution in [1.82, 2.24) is 4.98 Å². The maximum Gasteiger partial charge on any atom is 0.276 e. The fourth-order valence-corrected chi connectivity index (χ4v) is 3.91.